The second-order valence-electron chi connectivity index (χ2n) is 5.94. The molecule has 2 fully saturated rings. The molecule has 2 aliphatic rings. The van der Waals surface area contributed by atoms with Crippen molar-refractivity contribution in [3.8, 4) is 0 Å². The van der Waals surface area contributed by atoms with E-state index in [4.69, 9.17) is 5.73 Å². The van der Waals surface area contributed by atoms with Gasteiger partial charge in [-0.25, -0.2) is 0 Å². The molecule has 2 unspecified atom stereocenters. The largest absolute Gasteiger partial charge is 0.368 e. The number of nitrogens with zero attached hydrogens (tertiary/aromatic N) is 1. The van der Waals surface area contributed by atoms with Crippen LogP contribution in [-0.4, -0.2) is 43.0 Å². The zero-order valence-corrected chi connectivity index (χ0v) is 11.0. The lowest BCUT2D eigenvalue weighted by Gasteiger charge is -2.34. The first-order valence-corrected chi connectivity index (χ1v) is 6.77. The van der Waals surface area contributed by atoms with Gasteiger partial charge in [0, 0.05) is 6.04 Å². The van der Waals surface area contributed by atoms with Crippen LogP contribution in [-0.2, 0) is 4.79 Å². The maximum absolute atomic E-state index is 11.9. The fourth-order valence-corrected chi connectivity index (χ4v) is 3.06. The molecule has 0 spiro atoms. The average molecular weight is 239 g/mol. The number of amides is 1. The van der Waals surface area contributed by atoms with Gasteiger partial charge in [-0.1, -0.05) is 6.42 Å². The van der Waals surface area contributed by atoms with E-state index in [2.05, 4.69) is 24.3 Å². The number of hydrogen-bond donors (Lipinski definition) is 2. The average Bonchev–Trinajstić information content (AvgIpc) is 2.94. The third kappa shape index (κ3) is 2.80. The van der Waals surface area contributed by atoms with Crippen molar-refractivity contribution < 1.29 is 4.79 Å². The molecule has 4 nitrogen and oxygen atoms in total. The third-order valence-electron chi connectivity index (χ3n) is 4.22. The minimum atomic E-state index is -0.406. The Morgan fingerprint density at radius 3 is 2.65 bits per heavy atom. The molecule has 0 saturated heterocycles. The summed E-state index contributed by atoms with van der Waals surface area (Å²) in [5.74, 6) is 0.286. The molecule has 0 bridgehead atoms. The highest BCUT2D eigenvalue weighted by Gasteiger charge is 2.49. The molecule has 0 radical (unpaired) electrons. The lowest BCUT2D eigenvalue weighted by Crippen LogP contribution is -2.59. The highest BCUT2D eigenvalue weighted by Crippen LogP contribution is 2.40. The van der Waals surface area contributed by atoms with Crippen LogP contribution < -0.4 is 11.1 Å². The summed E-state index contributed by atoms with van der Waals surface area (Å²) in [6.45, 7) is 1.03. The Morgan fingerprint density at radius 1 is 1.41 bits per heavy atom. The molecular formula is C13H25N3O. The van der Waals surface area contributed by atoms with Gasteiger partial charge in [0.2, 0.25) is 5.91 Å². The molecule has 4 heteroatoms. The van der Waals surface area contributed by atoms with Gasteiger partial charge in [0.1, 0.15) is 5.54 Å². The van der Waals surface area contributed by atoms with Crippen molar-refractivity contribution >= 4 is 5.91 Å². The first-order valence-electron chi connectivity index (χ1n) is 6.77. The van der Waals surface area contributed by atoms with Gasteiger partial charge in [-0.05, 0) is 58.7 Å². The van der Waals surface area contributed by atoms with E-state index in [1.807, 2.05) is 0 Å². The summed E-state index contributed by atoms with van der Waals surface area (Å²) >= 11 is 0. The number of primary amides is 1. The number of hydrogen-bond acceptors (Lipinski definition) is 3. The molecule has 0 heterocycles. The van der Waals surface area contributed by atoms with E-state index in [1.54, 1.807) is 0 Å². The summed E-state index contributed by atoms with van der Waals surface area (Å²) in [6.07, 6.45) is 6.66. The quantitative estimate of drug-likeness (QED) is 0.718. The van der Waals surface area contributed by atoms with E-state index in [1.165, 1.54) is 12.8 Å². The normalized spacial score (nSPS) is 33.2. The van der Waals surface area contributed by atoms with Crippen LogP contribution in [0, 0.1) is 5.92 Å². The molecule has 17 heavy (non-hydrogen) atoms. The van der Waals surface area contributed by atoms with Crippen LogP contribution in [0.15, 0.2) is 0 Å². The minimum absolute atomic E-state index is 0.134. The molecule has 1 amide bonds. The summed E-state index contributed by atoms with van der Waals surface area (Å²) < 4.78 is 0. The van der Waals surface area contributed by atoms with Gasteiger partial charge in [-0.3, -0.25) is 4.79 Å². The van der Waals surface area contributed by atoms with E-state index in [0.717, 1.165) is 32.2 Å². The Morgan fingerprint density at radius 2 is 2.12 bits per heavy atom. The molecular weight excluding hydrogens is 214 g/mol. The standard InChI is InChI=1S/C13H25N3O/c1-16(2)9-7-10-4-3-8-13(10,12(14)17)15-11-5-6-11/h10-11,15H,3-9H2,1-2H3,(H2,14,17). The van der Waals surface area contributed by atoms with Gasteiger partial charge >= 0.3 is 0 Å². The van der Waals surface area contributed by atoms with Gasteiger partial charge in [0.15, 0.2) is 0 Å². The van der Waals surface area contributed by atoms with Crippen molar-refractivity contribution in [3.05, 3.63) is 0 Å². The number of carbonyl (C=O) groups is 1. The lowest BCUT2D eigenvalue weighted by molar-refractivity contribution is -0.126. The monoisotopic (exact) mass is 239 g/mol. The zero-order chi connectivity index (χ0) is 12.5. The van der Waals surface area contributed by atoms with E-state index in [9.17, 15) is 4.79 Å². The number of carbonyl (C=O) groups excluding carboxylic acids is 1. The molecule has 0 aliphatic heterocycles. The van der Waals surface area contributed by atoms with Crippen molar-refractivity contribution in [1.82, 2.24) is 10.2 Å². The van der Waals surface area contributed by atoms with E-state index < -0.39 is 5.54 Å². The summed E-state index contributed by atoms with van der Waals surface area (Å²) in [6, 6.07) is 0.544. The SMILES string of the molecule is CN(C)CCC1CCCC1(NC1CC1)C(N)=O. The second-order valence-corrected chi connectivity index (χ2v) is 5.94. The van der Waals surface area contributed by atoms with Gasteiger partial charge in [-0.2, -0.15) is 0 Å². The smallest absolute Gasteiger partial charge is 0.238 e. The fourth-order valence-electron chi connectivity index (χ4n) is 3.06. The van der Waals surface area contributed by atoms with Crippen LogP contribution in [0.25, 0.3) is 0 Å². The van der Waals surface area contributed by atoms with Crippen LogP contribution in [0.5, 0.6) is 0 Å². The second kappa shape index (κ2) is 4.94. The van der Waals surface area contributed by atoms with E-state index in [0.29, 0.717) is 12.0 Å². The molecule has 3 N–H and O–H groups in total. The predicted octanol–water partition coefficient (Wildman–Crippen LogP) is 0.714. The third-order valence-corrected chi connectivity index (χ3v) is 4.22. The van der Waals surface area contributed by atoms with Crippen LogP contribution in [0.1, 0.15) is 38.5 Å². The Labute approximate surface area is 104 Å². The molecule has 2 atom stereocenters. The van der Waals surface area contributed by atoms with Gasteiger partial charge in [0.05, 0.1) is 0 Å². The van der Waals surface area contributed by atoms with E-state index >= 15 is 0 Å². The summed E-state index contributed by atoms with van der Waals surface area (Å²) in [5, 5.41) is 3.55. The summed E-state index contributed by atoms with van der Waals surface area (Å²) in [7, 11) is 4.16. The number of nitrogens with one attached hydrogen (secondary N) is 1. The van der Waals surface area contributed by atoms with Crippen molar-refractivity contribution in [1.29, 1.82) is 0 Å². The Balaban J connectivity index is 2.03. The molecule has 2 aliphatic carbocycles. The van der Waals surface area contributed by atoms with Crippen molar-refractivity contribution in [3.63, 3.8) is 0 Å². The first-order chi connectivity index (χ1) is 8.04. The molecule has 0 aromatic carbocycles. The zero-order valence-electron chi connectivity index (χ0n) is 11.0. The minimum Gasteiger partial charge on any atom is -0.368 e. The first kappa shape index (κ1) is 12.8. The van der Waals surface area contributed by atoms with Crippen LogP contribution >= 0.6 is 0 Å². The molecule has 0 aromatic heterocycles. The van der Waals surface area contributed by atoms with Crippen molar-refractivity contribution in [2.24, 2.45) is 11.7 Å². The predicted molar refractivity (Wildman–Crippen MR) is 68.6 cm³/mol. The Bertz CT molecular complexity index is 288. The van der Waals surface area contributed by atoms with Crippen molar-refractivity contribution in [2.75, 3.05) is 20.6 Å². The van der Waals surface area contributed by atoms with E-state index in [-0.39, 0.29) is 5.91 Å². The topological polar surface area (TPSA) is 58.4 Å². The van der Waals surface area contributed by atoms with Gasteiger partial charge in [0.25, 0.3) is 0 Å². The van der Waals surface area contributed by atoms with Crippen LogP contribution in [0.2, 0.25) is 0 Å². The highest BCUT2D eigenvalue weighted by molar-refractivity contribution is 5.85. The Hall–Kier alpha value is -0.610. The van der Waals surface area contributed by atoms with Crippen LogP contribution in [0.3, 0.4) is 0 Å². The van der Waals surface area contributed by atoms with Crippen LogP contribution in [0.4, 0.5) is 0 Å². The summed E-state index contributed by atoms with van der Waals surface area (Å²) in [5.41, 5.74) is 5.28. The molecule has 98 valence electrons. The van der Waals surface area contributed by atoms with Gasteiger partial charge < -0.3 is 16.0 Å². The lowest BCUT2D eigenvalue weighted by atomic mass is 9.83. The fraction of sp³-hybridized carbons (Fsp3) is 0.923. The Kier molecular flexibility index (Phi) is 3.73. The number of rotatable bonds is 6. The molecule has 0 aromatic rings. The van der Waals surface area contributed by atoms with Gasteiger partial charge in [-0.15, -0.1) is 0 Å². The van der Waals surface area contributed by atoms with Crippen molar-refractivity contribution in [2.45, 2.75) is 50.1 Å². The number of nitrogens with two attached hydrogens (primary N) is 1. The molecule has 2 saturated carbocycles. The summed E-state index contributed by atoms with van der Waals surface area (Å²) in [4.78, 5) is 14.1. The highest BCUT2D eigenvalue weighted by atomic mass is 16.1. The maximum atomic E-state index is 11.9. The molecule has 2 rings (SSSR count). The maximum Gasteiger partial charge on any atom is 0.238 e.